The molecule has 5 nitrogen and oxygen atoms in total. The van der Waals surface area contributed by atoms with Crippen molar-refractivity contribution in [3.63, 3.8) is 0 Å². The van der Waals surface area contributed by atoms with Gasteiger partial charge in [0.1, 0.15) is 6.04 Å². The number of nitrogens with one attached hydrogen (secondary N) is 1. The van der Waals surface area contributed by atoms with E-state index in [1.165, 1.54) is 0 Å². The molecule has 0 aromatic heterocycles. The van der Waals surface area contributed by atoms with Crippen molar-refractivity contribution in [2.45, 2.75) is 64.6 Å². The maximum atomic E-state index is 12.4. The Bertz CT molecular complexity index is 371. The largest absolute Gasteiger partial charge is 0.352 e. The van der Waals surface area contributed by atoms with E-state index in [-0.39, 0.29) is 23.3 Å². The molecule has 0 spiro atoms. The van der Waals surface area contributed by atoms with E-state index in [4.69, 9.17) is 5.73 Å². The number of carbonyl (C=O) groups is 2. The lowest BCUT2D eigenvalue weighted by Gasteiger charge is -2.32. The van der Waals surface area contributed by atoms with Crippen LogP contribution in [0.4, 0.5) is 0 Å². The van der Waals surface area contributed by atoms with Gasteiger partial charge in [0.15, 0.2) is 0 Å². The van der Waals surface area contributed by atoms with Gasteiger partial charge in [0, 0.05) is 12.6 Å². The number of hydrogen-bond acceptors (Lipinski definition) is 3. The molecule has 2 atom stereocenters. The zero-order valence-electron chi connectivity index (χ0n) is 12.1. The van der Waals surface area contributed by atoms with Crippen LogP contribution in [0.2, 0.25) is 0 Å². The average Bonchev–Trinajstić information content (AvgIpc) is 2.99. The first-order chi connectivity index (χ1) is 8.80. The Morgan fingerprint density at radius 3 is 2.42 bits per heavy atom. The third kappa shape index (κ3) is 3.26. The van der Waals surface area contributed by atoms with Gasteiger partial charge in [0.05, 0.1) is 6.04 Å². The van der Waals surface area contributed by atoms with Crippen LogP contribution in [0.1, 0.15) is 46.5 Å². The summed E-state index contributed by atoms with van der Waals surface area (Å²) in [5.41, 5.74) is 5.75. The molecule has 108 valence electrons. The van der Waals surface area contributed by atoms with Crippen LogP contribution in [0.3, 0.4) is 0 Å². The highest BCUT2D eigenvalue weighted by Crippen LogP contribution is 2.25. The minimum atomic E-state index is -0.554. The highest BCUT2D eigenvalue weighted by Gasteiger charge is 2.40. The summed E-state index contributed by atoms with van der Waals surface area (Å²) >= 11 is 0. The topological polar surface area (TPSA) is 75.4 Å². The summed E-state index contributed by atoms with van der Waals surface area (Å²) in [5, 5.41) is 2.98. The van der Waals surface area contributed by atoms with E-state index < -0.39 is 6.04 Å². The van der Waals surface area contributed by atoms with Crippen molar-refractivity contribution in [2.75, 3.05) is 6.54 Å². The van der Waals surface area contributed by atoms with Gasteiger partial charge >= 0.3 is 0 Å². The fraction of sp³-hybridized carbons (Fsp3) is 0.857. The van der Waals surface area contributed by atoms with Gasteiger partial charge in [-0.1, -0.05) is 20.8 Å². The van der Waals surface area contributed by atoms with E-state index in [9.17, 15) is 9.59 Å². The first-order valence-corrected chi connectivity index (χ1v) is 7.17. The Hall–Kier alpha value is -1.10. The first-order valence-electron chi connectivity index (χ1n) is 7.17. The highest BCUT2D eigenvalue weighted by atomic mass is 16.2. The summed E-state index contributed by atoms with van der Waals surface area (Å²) in [6.07, 6.45) is 3.76. The van der Waals surface area contributed by atoms with Gasteiger partial charge < -0.3 is 16.0 Å². The molecule has 1 saturated carbocycles. The maximum absolute atomic E-state index is 12.4. The fourth-order valence-electron chi connectivity index (χ4n) is 2.38. The fourth-order valence-corrected chi connectivity index (χ4v) is 2.38. The van der Waals surface area contributed by atoms with Crippen molar-refractivity contribution in [1.82, 2.24) is 10.2 Å². The zero-order chi connectivity index (χ0) is 14.2. The second kappa shape index (κ2) is 5.12. The van der Waals surface area contributed by atoms with Gasteiger partial charge in [-0.05, 0) is 31.1 Å². The van der Waals surface area contributed by atoms with E-state index >= 15 is 0 Å². The molecule has 2 fully saturated rings. The van der Waals surface area contributed by atoms with E-state index in [0.717, 1.165) is 25.7 Å². The van der Waals surface area contributed by atoms with Gasteiger partial charge in [-0.3, -0.25) is 9.59 Å². The Labute approximate surface area is 114 Å². The molecule has 2 amide bonds. The second-order valence-electron chi connectivity index (χ2n) is 6.82. The molecule has 1 aliphatic carbocycles. The molecule has 19 heavy (non-hydrogen) atoms. The molecule has 2 rings (SSSR count). The number of nitrogens with two attached hydrogens (primary N) is 1. The predicted octanol–water partition coefficient (Wildman–Crippen LogP) is 0.629. The quantitative estimate of drug-likeness (QED) is 0.787. The smallest absolute Gasteiger partial charge is 0.243 e. The molecule has 2 unspecified atom stereocenters. The lowest BCUT2D eigenvalue weighted by molar-refractivity contribution is -0.141. The van der Waals surface area contributed by atoms with Crippen LogP contribution in [0.5, 0.6) is 0 Å². The molecule has 3 N–H and O–H groups in total. The monoisotopic (exact) mass is 267 g/mol. The van der Waals surface area contributed by atoms with Crippen LogP contribution in [-0.2, 0) is 9.59 Å². The molecule has 0 bridgehead atoms. The highest BCUT2D eigenvalue weighted by molar-refractivity contribution is 5.90. The Morgan fingerprint density at radius 2 is 1.89 bits per heavy atom. The summed E-state index contributed by atoms with van der Waals surface area (Å²) in [6, 6.07) is -0.537. The number of nitrogens with zero attached hydrogens (tertiary/aromatic N) is 1. The van der Waals surface area contributed by atoms with Crippen molar-refractivity contribution >= 4 is 11.8 Å². The molecule has 0 aromatic rings. The average molecular weight is 267 g/mol. The third-order valence-corrected chi connectivity index (χ3v) is 3.96. The SMILES string of the molecule is CC(C)(C)C(N)C(=O)N1CCCC1C(=O)NC1CC1. The molecular weight excluding hydrogens is 242 g/mol. The van der Waals surface area contributed by atoms with Crippen LogP contribution in [0.25, 0.3) is 0 Å². The standard InChI is InChI=1S/C14H25N3O2/c1-14(2,3)11(15)13(19)17-8-4-5-10(17)12(18)16-9-6-7-9/h9-11H,4-8,15H2,1-3H3,(H,16,18). The van der Waals surface area contributed by atoms with Gasteiger partial charge in [0.2, 0.25) is 11.8 Å². The molecule has 2 aliphatic rings. The van der Waals surface area contributed by atoms with Crippen LogP contribution in [0.15, 0.2) is 0 Å². The number of hydrogen-bond donors (Lipinski definition) is 2. The summed E-state index contributed by atoms with van der Waals surface area (Å²) in [7, 11) is 0. The zero-order valence-corrected chi connectivity index (χ0v) is 12.1. The third-order valence-electron chi connectivity index (χ3n) is 3.96. The minimum absolute atomic E-state index is 0.00513. The van der Waals surface area contributed by atoms with Crippen LogP contribution in [0, 0.1) is 5.41 Å². The summed E-state index contributed by atoms with van der Waals surface area (Å²) in [4.78, 5) is 26.2. The Balaban J connectivity index is 2.01. The summed E-state index contributed by atoms with van der Waals surface area (Å²) in [5.74, 6) is -0.101. The second-order valence-corrected chi connectivity index (χ2v) is 6.82. The first kappa shape index (κ1) is 14.3. The molecular formula is C14H25N3O2. The van der Waals surface area contributed by atoms with E-state index in [1.54, 1.807) is 4.90 Å². The molecule has 1 saturated heterocycles. The lowest BCUT2D eigenvalue weighted by Crippen LogP contribution is -2.55. The van der Waals surface area contributed by atoms with E-state index in [2.05, 4.69) is 5.32 Å². The van der Waals surface area contributed by atoms with E-state index in [0.29, 0.717) is 12.6 Å². The molecule has 5 heteroatoms. The van der Waals surface area contributed by atoms with Gasteiger partial charge in [-0.15, -0.1) is 0 Å². The lowest BCUT2D eigenvalue weighted by atomic mass is 9.86. The van der Waals surface area contributed by atoms with Crippen LogP contribution >= 0.6 is 0 Å². The molecule has 1 heterocycles. The summed E-state index contributed by atoms with van der Waals surface area (Å²) in [6.45, 7) is 6.49. The summed E-state index contributed by atoms with van der Waals surface area (Å²) < 4.78 is 0. The van der Waals surface area contributed by atoms with Gasteiger partial charge in [0.25, 0.3) is 0 Å². The van der Waals surface area contributed by atoms with Crippen LogP contribution in [-0.4, -0.2) is 41.4 Å². The Kier molecular flexibility index (Phi) is 3.85. The van der Waals surface area contributed by atoms with Crippen molar-refractivity contribution in [2.24, 2.45) is 11.1 Å². The number of rotatable bonds is 3. The van der Waals surface area contributed by atoms with E-state index in [1.807, 2.05) is 20.8 Å². The van der Waals surface area contributed by atoms with Crippen molar-refractivity contribution < 1.29 is 9.59 Å². The number of amides is 2. The predicted molar refractivity (Wildman–Crippen MR) is 73.3 cm³/mol. The van der Waals surface area contributed by atoms with Crippen LogP contribution < -0.4 is 11.1 Å². The van der Waals surface area contributed by atoms with Gasteiger partial charge in [-0.2, -0.15) is 0 Å². The molecule has 1 aliphatic heterocycles. The molecule has 0 radical (unpaired) electrons. The molecule has 0 aromatic carbocycles. The normalized spacial score (nSPS) is 25.3. The number of carbonyl (C=O) groups excluding carboxylic acids is 2. The van der Waals surface area contributed by atoms with Crippen molar-refractivity contribution in [3.05, 3.63) is 0 Å². The Morgan fingerprint density at radius 1 is 1.26 bits per heavy atom. The minimum Gasteiger partial charge on any atom is -0.352 e. The van der Waals surface area contributed by atoms with Crippen molar-refractivity contribution in [3.8, 4) is 0 Å². The maximum Gasteiger partial charge on any atom is 0.243 e. The van der Waals surface area contributed by atoms with Gasteiger partial charge in [-0.25, -0.2) is 0 Å². The van der Waals surface area contributed by atoms with Crippen molar-refractivity contribution in [1.29, 1.82) is 0 Å². The number of likely N-dealkylation sites (tertiary alicyclic amines) is 1.